The van der Waals surface area contributed by atoms with Crippen molar-refractivity contribution in [2.75, 3.05) is 0 Å². The maximum atomic E-state index is 11.6. The second-order valence-electron chi connectivity index (χ2n) is 5.88. The number of hydrogen-bond donors (Lipinski definition) is 1. The summed E-state index contributed by atoms with van der Waals surface area (Å²) in [5.41, 5.74) is 0.244. The molecule has 3 aromatic rings. The van der Waals surface area contributed by atoms with Gasteiger partial charge in [0.05, 0.1) is 15.9 Å². The van der Waals surface area contributed by atoms with Gasteiger partial charge in [0.15, 0.2) is 0 Å². The Labute approximate surface area is 168 Å². The quantitative estimate of drug-likeness (QED) is 0.473. The normalized spacial score (nSPS) is 11.2. The van der Waals surface area contributed by atoms with Gasteiger partial charge in [0.1, 0.15) is 11.7 Å². The lowest BCUT2D eigenvalue weighted by Crippen LogP contribution is -1.94. The zero-order valence-corrected chi connectivity index (χ0v) is 16.0. The smallest absolute Gasteiger partial charge is 0.371 e. The van der Waals surface area contributed by atoms with Crippen LogP contribution in [0.2, 0.25) is 0 Å². The van der Waals surface area contributed by atoms with Crippen LogP contribution >= 0.6 is 10.5 Å². The Hall–Kier alpha value is -3.84. The van der Waals surface area contributed by atoms with Crippen LogP contribution in [0.4, 0.5) is 0 Å². The van der Waals surface area contributed by atoms with Crippen LogP contribution in [0, 0.1) is 0 Å². The fourth-order valence-electron chi connectivity index (χ4n) is 2.66. The second-order valence-corrected chi connectivity index (χ2v) is 7.61. The molecular weight excluding hydrogens is 386 g/mol. The molecule has 4 rings (SSSR count). The molecule has 7 heteroatoms. The van der Waals surface area contributed by atoms with Gasteiger partial charge in [0.2, 0.25) is 21.4 Å². The molecule has 0 spiro atoms. The Morgan fingerprint density at radius 1 is 0.897 bits per heavy atom. The topological polar surface area (TPSA) is 89.1 Å². The molecule has 29 heavy (non-hydrogen) atoms. The van der Waals surface area contributed by atoms with E-state index in [9.17, 15) is 9.90 Å². The molecule has 0 amide bonds. The van der Waals surface area contributed by atoms with Gasteiger partial charge in [-0.2, -0.15) is 4.98 Å². The Kier molecular flexibility index (Phi) is 5.40. The molecule has 0 saturated carbocycles. The maximum Gasteiger partial charge on any atom is 0.371 e. The number of hydrogen-bond acceptors (Lipinski definition) is 5. The average Bonchev–Trinajstić information content (AvgIpc) is 3.44. The molecule has 0 fully saturated rings. The molecule has 142 valence electrons. The van der Waals surface area contributed by atoms with Crippen molar-refractivity contribution in [3.05, 3.63) is 95.7 Å². The third kappa shape index (κ3) is 4.20. The van der Waals surface area contributed by atoms with Crippen molar-refractivity contribution in [3.8, 4) is 0 Å². The first-order valence-electron chi connectivity index (χ1n) is 8.74. The fraction of sp³-hybridized carbons (Fsp3) is 0. The highest BCUT2D eigenvalue weighted by Crippen LogP contribution is 2.38. The maximum absolute atomic E-state index is 11.6. The molecular formula is C22H16N3O3S+. The van der Waals surface area contributed by atoms with Gasteiger partial charge in [-0.05, 0) is 24.3 Å². The van der Waals surface area contributed by atoms with Crippen LogP contribution < -0.4 is 4.53 Å². The lowest BCUT2D eigenvalue weighted by Gasteiger charge is -1.92. The van der Waals surface area contributed by atoms with Gasteiger partial charge in [-0.25, -0.2) is 9.78 Å². The summed E-state index contributed by atoms with van der Waals surface area (Å²) in [6.07, 6.45) is 4.78. The van der Waals surface area contributed by atoms with E-state index in [1.54, 1.807) is 36.7 Å². The molecule has 1 aliphatic rings. The van der Waals surface area contributed by atoms with E-state index >= 15 is 0 Å². The fourth-order valence-corrected chi connectivity index (χ4v) is 4.40. The van der Waals surface area contributed by atoms with E-state index in [4.69, 9.17) is 4.42 Å². The van der Waals surface area contributed by atoms with Gasteiger partial charge < -0.3 is 9.52 Å². The minimum Gasteiger partial charge on any atom is -0.475 e. The first-order valence-corrected chi connectivity index (χ1v) is 10.0. The predicted octanol–water partition coefficient (Wildman–Crippen LogP) is 4.47. The number of carboxylic acid groups (broad SMARTS) is 1. The summed E-state index contributed by atoms with van der Waals surface area (Å²) >= 11 is 0. The first-order chi connectivity index (χ1) is 14.3. The van der Waals surface area contributed by atoms with Gasteiger partial charge in [-0.3, -0.25) is 4.98 Å². The molecule has 6 nitrogen and oxygen atoms in total. The largest absolute Gasteiger partial charge is 0.475 e. The van der Waals surface area contributed by atoms with Gasteiger partial charge in [-0.15, -0.1) is 0 Å². The number of rotatable bonds is 1. The number of carbonyl (C=O) groups is 1. The van der Waals surface area contributed by atoms with Crippen LogP contribution in [0.25, 0.3) is 26.7 Å². The SMILES string of the molecule is O=C(O)c1ccccccccncccccc2c3[s+](c4ncnc(o1)c24)C=3. The Bertz CT molecular complexity index is 1360. The molecule has 0 saturated heterocycles. The van der Waals surface area contributed by atoms with Crippen molar-refractivity contribution >= 4 is 43.2 Å². The van der Waals surface area contributed by atoms with E-state index in [2.05, 4.69) is 20.4 Å². The molecule has 0 radical (unpaired) electrons. The molecule has 0 aromatic carbocycles. The van der Waals surface area contributed by atoms with Gasteiger partial charge >= 0.3 is 5.97 Å². The van der Waals surface area contributed by atoms with E-state index in [-0.39, 0.29) is 21.9 Å². The molecule has 0 aliphatic carbocycles. The van der Waals surface area contributed by atoms with E-state index < -0.39 is 5.97 Å². The summed E-state index contributed by atoms with van der Waals surface area (Å²) in [5.74, 6) is -1.39. The molecule has 1 unspecified atom stereocenters. The third-order valence-corrected chi connectivity index (χ3v) is 5.73. The van der Waals surface area contributed by atoms with Crippen molar-refractivity contribution in [1.29, 1.82) is 0 Å². The van der Waals surface area contributed by atoms with Crippen molar-refractivity contribution in [2.45, 2.75) is 0 Å². The van der Waals surface area contributed by atoms with Crippen LogP contribution in [-0.2, 0) is 0 Å². The lowest BCUT2D eigenvalue weighted by atomic mass is 10.2. The highest BCUT2D eigenvalue weighted by molar-refractivity contribution is 7.52. The van der Waals surface area contributed by atoms with E-state index in [1.807, 2.05) is 36.4 Å². The summed E-state index contributed by atoms with van der Waals surface area (Å²) in [5, 5.41) is 13.4. The molecule has 1 atom stereocenters. The number of nitrogens with zero attached hydrogens (tertiary/aromatic N) is 3. The Morgan fingerprint density at radius 3 is 2.38 bits per heavy atom. The van der Waals surface area contributed by atoms with E-state index in [1.165, 1.54) is 16.9 Å². The highest BCUT2D eigenvalue weighted by atomic mass is 32.2. The zero-order valence-electron chi connectivity index (χ0n) is 15.2. The van der Waals surface area contributed by atoms with Crippen LogP contribution in [-0.4, -0.2) is 26.0 Å². The molecule has 1 N–H and O–H groups in total. The molecule has 3 aromatic heterocycles. The first kappa shape index (κ1) is 18.5. The summed E-state index contributed by atoms with van der Waals surface area (Å²) in [6, 6.07) is 19.5. The van der Waals surface area contributed by atoms with Crippen molar-refractivity contribution < 1.29 is 14.3 Å². The predicted molar refractivity (Wildman–Crippen MR) is 113 cm³/mol. The average molecular weight is 402 g/mol. The Morgan fingerprint density at radius 2 is 1.59 bits per heavy atom. The summed E-state index contributed by atoms with van der Waals surface area (Å²) < 4.78 is 6.86. The second kappa shape index (κ2) is 8.45. The standard InChI is InChI=1S/C22H15N3O3S/c26-22(27)17-11-7-3-1-2-4-8-12-23-13-9-5-6-10-16-18-14-29(18)21-19(16)20(28-17)24-15-25-21/h1-15H/p+1. The number of carboxylic acids is 1. The molecule has 0 bridgehead atoms. The van der Waals surface area contributed by atoms with Crippen molar-refractivity contribution in [2.24, 2.45) is 0 Å². The summed E-state index contributed by atoms with van der Waals surface area (Å²) in [7, 11) is -0.138. The van der Waals surface area contributed by atoms with Crippen LogP contribution in [0.3, 0.4) is 0 Å². The van der Waals surface area contributed by atoms with Crippen LogP contribution in [0.1, 0.15) is 10.6 Å². The lowest BCUT2D eigenvalue weighted by molar-refractivity contribution is 0.0663. The van der Waals surface area contributed by atoms with Gasteiger partial charge in [0.25, 0.3) is 4.83 Å². The number of aromatic nitrogens is 3. The number of fused-ring (bicyclic) bond motifs is 3. The van der Waals surface area contributed by atoms with Crippen molar-refractivity contribution in [3.63, 3.8) is 0 Å². The summed E-state index contributed by atoms with van der Waals surface area (Å²) in [6.45, 7) is 0. The third-order valence-electron chi connectivity index (χ3n) is 3.98. The zero-order chi connectivity index (χ0) is 20.1. The minimum atomic E-state index is -1.17. The highest BCUT2D eigenvalue weighted by Gasteiger charge is 2.32. The van der Waals surface area contributed by atoms with Crippen molar-refractivity contribution in [1.82, 2.24) is 15.0 Å². The molecule has 4 heterocycles. The number of thiophene rings is 1. The summed E-state index contributed by atoms with van der Waals surface area (Å²) in [4.78, 5) is 25.2. The molecule has 1 aliphatic heterocycles. The van der Waals surface area contributed by atoms with Gasteiger partial charge in [0, 0.05) is 12.4 Å². The number of aromatic carboxylic acids is 1. The van der Waals surface area contributed by atoms with E-state index in [0.29, 0.717) is 0 Å². The Balaban J connectivity index is 2.04. The monoisotopic (exact) mass is 402 g/mol. The van der Waals surface area contributed by atoms with E-state index in [0.717, 1.165) is 15.6 Å². The minimum absolute atomic E-state index is 0.138. The van der Waals surface area contributed by atoms with Gasteiger partial charge in [-0.1, -0.05) is 42.5 Å². The van der Waals surface area contributed by atoms with Crippen LogP contribution in [0.5, 0.6) is 0 Å². The van der Waals surface area contributed by atoms with Crippen LogP contribution in [0.15, 0.2) is 89.9 Å².